The number of hydrogen-bond acceptors (Lipinski definition) is 3. The zero-order chi connectivity index (χ0) is 13.1. The molecule has 1 N–H and O–H groups in total. The topological polar surface area (TPSA) is 49.0 Å². The van der Waals surface area contributed by atoms with Crippen LogP contribution < -0.4 is 5.32 Å². The summed E-state index contributed by atoms with van der Waals surface area (Å²) in [6, 6.07) is 8.76. The van der Waals surface area contributed by atoms with Crippen LogP contribution in [-0.4, -0.2) is 0 Å². The molecule has 0 fully saturated rings. The average molecular weight is 346 g/mol. The van der Waals surface area contributed by atoms with Crippen LogP contribution in [0.3, 0.4) is 0 Å². The van der Waals surface area contributed by atoms with Crippen molar-refractivity contribution in [2.75, 3.05) is 5.32 Å². The van der Waals surface area contributed by atoms with Crippen molar-refractivity contribution in [3.05, 3.63) is 50.3 Å². The van der Waals surface area contributed by atoms with E-state index in [2.05, 4.69) is 21.2 Å². The molecular formula is C12H7BrCl2N2O. The molecule has 0 saturated heterocycles. The molecule has 0 saturated carbocycles. The quantitative estimate of drug-likeness (QED) is 0.866. The predicted molar refractivity (Wildman–Crippen MR) is 74.9 cm³/mol. The highest BCUT2D eigenvalue weighted by atomic mass is 79.9. The number of rotatable bonds is 3. The number of furan rings is 1. The number of nitriles is 1. The predicted octanol–water partition coefficient (Wildman–Crippen LogP) is 4.83. The minimum atomic E-state index is 0.278. The number of nitrogens with zero attached hydrogens (tertiary/aromatic N) is 1. The molecule has 0 spiro atoms. The number of hydrogen-bond donors (Lipinski definition) is 1. The summed E-state index contributed by atoms with van der Waals surface area (Å²) in [6.07, 6.45) is 0. The molecule has 0 amide bonds. The second-order valence-electron chi connectivity index (χ2n) is 3.48. The molecule has 1 aromatic carbocycles. The van der Waals surface area contributed by atoms with Crippen LogP contribution >= 0.6 is 39.1 Å². The van der Waals surface area contributed by atoms with E-state index in [4.69, 9.17) is 32.9 Å². The number of anilines is 1. The SMILES string of the molecule is N#Cc1ccc(CNc2c(Cl)cc(Br)cc2Cl)o1. The van der Waals surface area contributed by atoms with Gasteiger partial charge in [0, 0.05) is 4.47 Å². The summed E-state index contributed by atoms with van der Waals surface area (Å²) in [6.45, 7) is 0.406. The summed E-state index contributed by atoms with van der Waals surface area (Å²) < 4.78 is 6.05. The van der Waals surface area contributed by atoms with Gasteiger partial charge in [0.2, 0.25) is 5.76 Å². The van der Waals surface area contributed by atoms with Crippen LogP contribution in [0, 0.1) is 11.3 Å². The van der Waals surface area contributed by atoms with Crippen molar-refractivity contribution >= 4 is 44.8 Å². The lowest BCUT2D eigenvalue weighted by molar-refractivity contribution is 0.506. The fraction of sp³-hybridized carbons (Fsp3) is 0.0833. The molecule has 3 nitrogen and oxygen atoms in total. The smallest absolute Gasteiger partial charge is 0.203 e. The first kappa shape index (κ1) is 13.3. The first-order valence-electron chi connectivity index (χ1n) is 4.97. The van der Waals surface area contributed by atoms with Gasteiger partial charge in [-0.15, -0.1) is 0 Å². The van der Waals surface area contributed by atoms with Crippen LogP contribution in [0.25, 0.3) is 0 Å². The van der Waals surface area contributed by atoms with Crippen LogP contribution in [0.5, 0.6) is 0 Å². The van der Waals surface area contributed by atoms with E-state index >= 15 is 0 Å². The van der Waals surface area contributed by atoms with Crippen LogP contribution in [0.15, 0.2) is 33.2 Å². The maximum atomic E-state index is 8.64. The summed E-state index contributed by atoms with van der Waals surface area (Å²) in [5, 5.41) is 12.7. The maximum absolute atomic E-state index is 8.64. The van der Waals surface area contributed by atoms with Gasteiger partial charge in [-0.1, -0.05) is 39.1 Å². The van der Waals surface area contributed by atoms with Gasteiger partial charge in [0.15, 0.2) is 0 Å². The van der Waals surface area contributed by atoms with Gasteiger partial charge in [-0.2, -0.15) is 5.26 Å². The largest absolute Gasteiger partial charge is 0.449 e. The molecule has 0 aliphatic rings. The van der Waals surface area contributed by atoms with Gasteiger partial charge >= 0.3 is 0 Å². The summed E-state index contributed by atoms with van der Waals surface area (Å²) in [5.41, 5.74) is 0.636. The number of halogens is 3. The fourth-order valence-corrected chi connectivity index (χ4v) is 2.76. The van der Waals surface area contributed by atoms with Gasteiger partial charge in [-0.25, -0.2) is 0 Å². The van der Waals surface area contributed by atoms with Crippen molar-refractivity contribution in [1.82, 2.24) is 0 Å². The van der Waals surface area contributed by atoms with Crippen molar-refractivity contribution in [3.63, 3.8) is 0 Å². The minimum absolute atomic E-state index is 0.278. The molecule has 1 heterocycles. The van der Waals surface area contributed by atoms with E-state index in [0.717, 1.165) is 4.47 Å². The second kappa shape index (κ2) is 5.66. The van der Waals surface area contributed by atoms with Crippen molar-refractivity contribution < 1.29 is 4.42 Å². The standard InChI is InChI=1S/C12H7BrCl2N2O/c13-7-3-10(14)12(11(15)4-7)17-6-9-2-1-8(5-16)18-9/h1-4,17H,6H2. The molecule has 1 aromatic heterocycles. The Bertz CT molecular complexity index is 596. The maximum Gasteiger partial charge on any atom is 0.203 e. The van der Waals surface area contributed by atoms with Crippen molar-refractivity contribution in [1.29, 1.82) is 5.26 Å². The van der Waals surface area contributed by atoms with E-state index in [1.54, 1.807) is 24.3 Å². The monoisotopic (exact) mass is 344 g/mol. The molecule has 2 aromatic rings. The third kappa shape index (κ3) is 2.99. The highest BCUT2D eigenvalue weighted by molar-refractivity contribution is 9.10. The Morgan fingerprint density at radius 2 is 1.94 bits per heavy atom. The van der Waals surface area contributed by atoms with Crippen LogP contribution in [0.1, 0.15) is 11.5 Å². The summed E-state index contributed by atoms with van der Waals surface area (Å²) >= 11 is 15.5. The Hall–Kier alpha value is -1.15. The lowest BCUT2D eigenvalue weighted by Gasteiger charge is -2.09. The highest BCUT2D eigenvalue weighted by Crippen LogP contribution is 2.34. The van der Waals surface area contributed by atoms with E-state index in [9.17, 15) is 0 Å². The van der Waals surface area contributed by atoms with Crippen LogP contribution in [-0.2, 0) is 6.54 Å². The first-order valence-corrected chi connectivity index (χ1v) is 6.52. The van der Waals surface area contributed by atoms with Gasteiger partial charge < -0.3 is 9.73 Å². The van der Waals surface area contributed by atoms with E-state index in [-0.39, 0.29) is 5.76 Å². The highest BCUT2D eigenvalue weighted by Gasteiger charge is 2.08. The molecule has 0 bridgehead atoms. The molecule has 18 heavy (non-hydrogen) atoms. The molecule has 0 aliphatic heterocycles. The van der Waals surface area contributed by atoms with Crippen LogP contribution in [0.2, 0.25) is 10.0 Å². The second-order valence-corrected chi connectivity index (χ2v) is 5.21. The molecule has 92 valence electrons. The lowest BCUT2D eigenvalue weighted by Crippen LogP contribution is -1.99. The van der Waals surface area contributed by atoms with E-state index in [1.165, 1.54) is 0 Å². The Morgan fingerprint density at radius 1 is 1.28 bits per heavy atom. The Kier molecular flexibility index (Phi) is 4.18. The molecular weight excluding hydrogens is 339 g/mol. The Labute approximate surface area is 122 Å². The molecule has 0 radical (unpaired) electrons. The van der Waals surface area contributed by atoms with Gasteiger partial charge in [0.25, 0.3) is 0 Å². The van der Waals surface area contributed by atoms with Gasteiger partial charge in [0.05, 0.1) is 22.3 Å². The van der Waals surface area contributed by atoms with Gasteiger partial charge in [0.1, 0.15) is 11.8 Å². The summed E-state index contributed by atoms with van der Waals surface area (Å²) in [4.78, 5) is 0. The van der Waals surface area contributed by atoms with Crippen molar-refractivity contribution in [3.8, 4) is 6.07 Å². The van der Waals surface area contributed by atoms with Crippen molar-refractivity contribution in [2.24, 2.45) is 0 Å². The molecule has 0 atom stereocenters. The van der Waals surface area contributed by atoms with E-state index in [0.29, 0.717) is 28.0 Å². The molecule has 0 unspecified atom stereocenters. The zero-order valence-corrected chi connectivity index (χ0v) is 12.1. The molecule has 6 heteroatoms. The first-order chi connectivity index (χ1) is 8.60. The lowest BCUT2D eigenvalue weighted by atomic mass is 10.3. The summed E-state index contributed by atoms with van der Waals surface area (Å²) in [5.74, 6) is 0.918. The summed E-state index contributed by atoms with van der Waals surface area (Å²) in [7, 11) is 0. The third-order valence-electron chi connectivity index (χ3n) is 2.22. The number of benzene rings is 1. The van der Waals surface area contributed by atoms with E-state index in [1.807, 2.05) is 6.07 Å². The average Bonchev–Trinajstić information content (AvgIpc) is 2.75. The molecule has 2 rings (SSSR count). The minimum Gasteiger partial charge on any atom is -0.449 e. The van der Waals surface area contributed by atoms with Gasteiger partial charge in [-0.3, -0.25) is 0 Å². The molecule has 0 aliphatic carbocycles. The zero-order valence-electron chi connectivity index (χ0n) is 9.01. The Morgan fingerprint density at radius 3 is 2.50 bits per heavy atom. The number of nitrogens with one attached hydrogen (secondary N) is 1. The normalized spacial score (nSPS) is 10.1. The fourth-order valence-electron chi connectivity index (χ4n) is 1.42. The third-order valence-corrected chi connectivity index (χ3v) is 3.27. The van der Waals surface area contributed by atoms with Gasteiger partial charge in [-0.05, 0) is 24.3 Å². The van der Waals surface area contributed by atoms with E-state index < -0.39 is 0 Å². The Balaban J connectivity index is 2.13. The van der Waals surface area contributed by atoms with Crippen molar-refractivity contribution in [2.45, 2.75) is 6.54 Å². The van der Waals surface area contributed by atoms with Crippen LogP contribution in [0.4, 0.5) is 5.69 Å².